The number of nitrogens with one attached hydrogen (secondary N) is 1. The van der Waals surface area contributed by atoms with Crippen LogP contribution < -0.4 is 10.9 Å². The van der Waals surface area contributed by atoms with E-state index in [2.05, 4.69) is 26.3 Å². The minimum Gasteiger partial charge on any atom is -0.370 e. The van der Waals surface area contributed by atoms with Crippen LogP contribution in [0.15, 0.2) is 53.6 Å². The fourth-order valence-corrected chi connectivity index (χ4v) is 3.46. The fraction of sp³-hybridized carbons (Fsp3) is 0.350. The van der Waals surface area contributed by atoms with Crippen LogP contribution in [-0.2, 0) is 6.54 Å². The highest BCUT2D eigenvalue weighted by Gasteiger charge is 2.23. The van der Waals surface area contributed by atoms with Crippen LogP contribution in [-0.4, -0.2) is 38.9 Å². The Hall–Kier alpha value is -2.73. The molecular formula is C20H23N5O. The molecule has 1 aliphatic heterocycles. The first-order chi connectivity index (χ1) is 12.7. The van der Waals surface area contributed by atoms with Crippen molar-refractivity contribution in [1.82, 2.24) is 19.3 Å². The van der Waals surface area contributed by atoms with E-state index < -0.39 is 0 Å². The molecule has 0 aliphatic carbocycles. The molecule has 1 atom stereocenters. The maximum atomic E-state index is 12.2. The molecule has 1 N–H and O–H groups in total. The van der Waals surface area contributed by atoms with Crippen molar-refractivity contribution in [1.29, 1.82) is 0 Å². The monoisotopic (exact) mass is 349 g/mol. The summed E-state index contributed by atoms with van der Waals surface area (Å²) in [6.45, 7) is 5.72. The second kappa shape index (κ2) is 7.25. The van der Waals surface area contributed by atoms with E-state index in [0.29, 0.717) is 11.6 Å². The van der Waals surface area contributed by atoms with Crippen LogP contribution in [0.3, 0.4) is 0 Å². The number of rotatable bonds is 5. The van der Waals surface area contributed by atoms with E-state index in [-0.39, 0.29) is 5.56 Å². The fourth-order valence-electron chi connectivity index (χ4n) is 3.46. The summed E-state index contributed by atoms with van der Waals surface area (Å²) >= 11 is 0. The molecule has 0 radical (unpaired) electrons. The summed E-state index contributed by atoms with van der Waals surface area (Å²) in [4.78, 5) is 23.6. The van der Waals surface area contributed by atoms with E-state index in [1.54, 1.807) is 16.7 Å². The molecule has 0 amide bonds. The Morgan fingerprint density at radius 1 is 1.27 bits per heavy atom. The first-order valence-electron chi connectivity index (χ1n) is 9.03. The molecule has 1 saturated heterocycles. The number of fused-ring (bicyclic) bond motifs is 1. The van der Waals surface area contributed by atoms with Crippen molar-refractivity contribution in [2.45, 2.75) is 19.9 Å². The van der Waals surface area contributed by atoms with Gasteiger partial charge in [0.2, 0.25) is 0 Å². The van der Waals surface area contributed by atoms with Gasteiger partial charge in [-0.3, -0.25) is 14.1 Å². The molecule has 6 heteroatoms. The molecule has 1 fully saturated rings. The number of aromatic nitrogens is 3. The van der Waals surface area contributed by atoms with E-state index in [4.69, 9.17) is 0 Å². The smallest absolute Gasteiger partial charge is 0.258 e. The van der Waals surface area contributed by atoms with Gasteiger partial charge in [-0.1, -0.05) is 12.1 Å². The standard InChI is InChI=1S/C20H23N5O/c1-15-5-6-18(21-11-15)22-12-16-7-9-24(13-16)14-17-10-20(26)25-8-3-2-4-19(25)23-17/h2-6,8,10-11,16H,7,9,12-14H2,1H3,(H,21,22). The number of nitrogens with zero attached hydrogens (tertiary/aromatic N) is 4. The van der Waals surface area contributed by atoms with Gasteiger partial charge in [0.25, 0.3) is 5.56 Å². The first-order valence-corrected chi connectivity index (χ1v) is 9.03. The van der Waals surface area contributed by atoms with Gasteiger partial charge in [-0.05, 0) is 49.6 Å². The van der Waals surface area contributed by atoms with Gasteiger partial charge in [0.1, 0.15) is 11.5 Å². The minimum atomic E-state index is -0.0199. The zero-order chi connectivity index (χ0) is 17.9. The van der Waals surface area contributed by atoms with Gasteiger partial charge >= 0.3 is 0 Å². The Morgan fingerprint density at radius 2 is 2.19 bits per heavy atom. The zero-order valence-electron chi connectivity index (χ0n) is 14.9. The summed E-state index contributed by atoms with van der Waals surface area (Å²) < 4.78 is 1.58. The van der Waals surface area contributed by atoms with Crippen LogP contribution in [0.5, 0.6) is 0 Å². The van der Waals surface area contributed by atoms with Crippen molar-refractivity contribution in [2.75, 3.05) is 25.0 Å². The third-order valence-corrected chi connectivity index (χ3v) is 4.86. The molecule has 0 saturated carbocycles. The van der Waals surface area contributed by atoms with E-state index in [1.807, 2.05) is 37.4 Å². The highest BCUT2D eigenvalue weighted by atomic mass is 16.1. The minimum absolute atomic E-state index is 0.0199. The van der Waals surface area contributed by atoms with Crippen molar-refractivity contribution in [3.63, 3.8) is 0 Å². The normalized spacial score (nSPS) is 17.7. The Balaban J connectivity index is 1.35. The van der Waals surface area contributed by atoms with E-state index in [0.717, 1.165) is 44.1 Å². The largest absolute Gasteiger partial charge is 0.370 e. The molecule has 3 aromatic rings. The highest BCUT2D eigenvalue weighted by molar-refractivity contribution is 5.38. The van der Waals surface area contributed by atoms with Gasteiger partial charge in [0.05, 0.1) is 5.69 Å². The van der Waals surface area contributed by atoms with Crippen LogP contribution >= 0.6 is 0 Å². The Kier molecular flexibility index (Phi) is 4.67. The van der Waals surface area contributed by atoms with Gasteiger partial charge in [0, 0.05) is 38.1 Å². The number of anilines is 1. The van der Waals surface area contributed by atoms with Crippen molar-refractivity contribution in [3.05, 3.63) is 70.4 Å². The number of hydrogen-bond acceptors (Lipinski definition) is 5. The van der Waals surface area contributed by atoms with Crippen LogP contribution in [0.25, 0.3) is 5.65 Å². The molecule has 26 heavy (non-hydrogen) atoms. The van der Waals surface area contributed by atoms with Crippen molar-refractivity contribution < 1.29 is 0 Å². The lowest BCUT2D eigenvalue weighted by molar-refractivity contribution is 0.315. The molecule has 3 aromatic heterocycles. The topological polar surface area (TPSA) is 62.5 Å². The third kappa shape index (κ3) is 3.75. The lowest BCUT2D eigenvalue weighted by Crippen LogP contribution is -2.25. The van der Waals surface area contributed by atoms with E-state index in [1.165, 1.54) is 5.56 Å². The van der Waals surface area contributed by atoms with E-state index in [9.17, 15) is 4.79 Å². The maximum absolute atomic E-state index is 12.2. The van der Waals surface area contributed by atoms with Gasteiger partial charge in [0.15, 0.2) is 0 Å². The highest BCUT2D eigenvalue weighted by Crippen LogP contribution is 2.18. The van der Waals surface area contributed by atoms with Crippen LogP contribution in [0.1, 0.15) is 17.7 Å². The summed E-state index contributed by atoms with van der Waals surface area (Å²) in [7, 11) is 0. The molecule has 134 valence electrons. The third-order valence-electron chi connectivity index (χ3n) is 4.86. The zero-order valence-corrected chi connectivity index (χ0v) is 14.9. The molecule has 0 bridgehead atoms. The van der Waals surface area contributed by atoms with Crippen molar-refractivity contribution in [2.24, 2.45) is 5.92 Å². The molecule has 1 aliphatic rings. The van der Waals surface area contributed by atoms with Crippen molar-refractivity contribution >= 4 is 11.5 Å². The molecule has 0 aromatic carbocycles. The molecular weight excluding hydrogens is 326 g/mol. The SMILES string of the molecule is Cc1ccc(NCC2CCN(Cc3cc(=O)n4ccccc4n3)C2)nc1. The Morgan fingerprint density at radius 3 is 3.04 bits per heavy atom. The predicted molar refractivity (Wildman–Crippen MR) is 102 cm³/mol. The number of aryl methyl sites for hydroxylation is 1. The Labute approximate surface area is 152 Å². The summed E-state index contributed by atoms with van der Waals surface area (Å²) in [6.07, 6.45) is 4.78. The summed E-state index contributed by atoms with van der Waals surface area (Å²) in [5, 5.41) is 3.42. The van der Waals surface area contributed by atoms with Crippen LogP contribution in [0, 0.1) is 12.8 Å². The van der Waals surface area contributed by atoms with Gasteiger partial charge in [-0.25, -0.2) is 9.97 Å². The molecule has 6 nitrogen and oxygen atoms in total. The molecule has 1 unspecified atom stereocenters. The van der Waals surface area contributed by atoms with Crippen LogP contribution in [0.4, 0.5) is 5.82 Å². The lowest BCUT2D eigenvalue weighted by Gasteiger charge is -2.16. The Bertz CT molecular complexity index is 950. The quantitative estimate of drug-likeness (QED) is 0.766. The molecule has 4 heterocycles. The van der Waals surface area contributed by atoms with Crippen molar-refractivity contribution in [3.8, 4) is 0 Å². The average Bonchev–Trinajstić information content (AvgIpc) is 3.09. The maximum Gasteiger partial charge on any atom is 0.258 e. The van der Waals surface area contributed by atoms with Gasteiger partial charge in [-0.2, -0.15) is 0 Å². The lowest BCUT2D eigenvalue weighted by atomic mass is 10.1. The summed E-state index contributed by atoms with van der Waals surface area (Å²) in [6, 6.07) is 11.4. The van der Waals surface area contributed by atoms with Gasteiger partial charge in [-0.15, -0.1) is 0 Å². The summed E-state index contributed by atoms with van der Waals surface area (Å²) in [5.74, 6) is 1.51. The number of hydrogen-bond donors (Lipinski definition) is 1. The van der Waals surface area contributed by atoms with Gasteiger partial charge < -0.3 is 5.32 Å². The number of pyridine rings is 2. The first kappa shape index (κ1) is 16.7. The second-order valence-corrected chi connectivity index (χ2v) is 7.01. The number of likely N-dealkylation sites (tertiary alicyclic amines) is 1. The summed E-state index contributed by atoms with van der Waals surface area (Å²) in [5.41, 5.74) is 2.70. The predicted octanol–water partition coefficient (Wildman–Crippen LogP) is 2.33. The molecule has 0 spiro atoms. The molecule has 4 rings (SSSR count). The average molecular weight is 349 g/mol. The van der Waals surface area contributed by atoms with Crippen LogP contribution in [0.2, 0.25) is 0 Å². The second-order valence-electron chi connectivity index (χ2n) is 7.01. The van der Waals surface area contributed by atoms with E-state index >= 15 is 0 Å².